The lowest BCUT2D eigenvalue weighted by Gasteiger charge is -2.38. The summed E-state index contributed by atoms with van der Waals surface area (Å²) in [6.45, 7) is 7.07. The van der Waals surface area contributed by atoms with E-state index in [1.54, 1.807) is 0 Å². The maximum absolute atomic E-state index is 12.9. The first-order valence-corrected chi connectivity index (χ1v) is 8.14. The van der Waals surface area contributed by atoms with E-state index in [1.807, 2.05) is 4.90 Å². The average molecular weight is 297 g/mol. The number of amides is 1. The molecule has 0 spiro atoms. The third-order valence-electron chi connectivity index (χ3n) is 5.31. The first kappa shape index (κ1) is 15.2. The highest BCUT2D eigenvalue weighted by molar-refractivity contribution is 5.83. The van der Waals surface area contributed by atoms with Gasteiger partial charge in [-0.1, -0.05) is 0 Å². The Balaban J connectivity index is 1.60. The zero-order valence-electron chi connectivity index (χ0n) is 12.8. The van der Waals surface area contributed by atoms with Gasteiger partial charge < -0.3 is 20.1 Å². The van der Waals surface area contributed by atoms with Gasteiger partial charge in [-0.05, 0) is 19.3 Å². The largest absolute Gasteiger partial charge is 0.381 e. The van der Waals surface area contributed by atoms with Gasteiger partial charge in [0.25, 0.3) is 0 Å². The molecule has 0 bridgehead atoms. The molecular weight excluding hydrogens is 270 g/mol. The fraction of sp³-hybridized carbons (Fsp3) is 0.933. The van der Waals surface area contributed by atoms with Gasteiger partial charge in [0, 0.05) is 52.0 Å². The number of hydrogen-bond acceptors (Lipinski definition) is 5. The minimum atomic E-state index is -0.377. The molecule has 3 aliphatic rings. The number of rotatable bonds is 3. The Labute approximate surface area is 126 Å². The number of carbonyl (C=O) groups is 1. The molecule has 21 heavy (non-hydrogen) atoms. The second-order valence-electron chi connectivity index (χ2n) is 6.44. The highest BCUT2D eigenvalue weighted by Crippen LogP contribution is 2.33. The molecule has 0 aromatic heterocycles. The third kappa shape index (κ3) is 3.08. The van der Waals surface area contributed by atoms with Crippen molar-refractivity contribution in [3.05, 3.63) is 0 Å². The van der Waals surface area contributed by atoms with Crippen molar-refractivity contribution in [2.24, 2.45) is 11.1 Å². The van der Waals surface area contributed by atoms with Crippen LogP contribution in [0.3, 0.4) is 0 Å². The fourth-order valence-electron chi connectivity index (χ4n) is 3.77. The quantitative estimate of drug-likeness (QED) is 0.773. The number of likely N-dealkylation sites (tertiary alicyclic amines) is 1. The number of ether oxygens (including phenoxy) is 2. The van der Waals surface area contributed by atoms with Crippen molar-refractivity contribution in [3.63, 3.8) is 0 Å². The van der Waals surface area contributed by atoms with E-state index in [-0.39, 0.29) is 11.3 Å². The van der Waals surface area contributed by atoms with Crippen molar-refractivity contribution >= 4 is 5.91 Å². The highest BCUT2D eigenvalue weighted by Gasteiger charge is 2.43. The molecule has 3 saturated heterocycles. The molecule has 0 aliphatic carbocycles. The minimum absolute atomic E-state index is 0.254. The molecule has 1 atom stereocenters. The highest BCUT2D eigenvalue weighted by atomic mass is 16.5. The summed E-state index contributed by atoms with van der Waals surface area (Å²) >= 11 is 0. The summed E-state index contributed by atoms with van der Waals surface area (Å²) in [6, 6.07) is 0.493. The van der Waals surface area contributed by atoms with Crippen molar-refractivity contribution in [1.29, 1.82) is 0 Å². The lowest BCUT2D eigenvalue weighted by atomic mass is 9.79. The number of morpholine rings is 1. The molecule has 0 aromatic rings. The van der Waals surface area contributed by atoms with E-state index < -0.39 is 0 Å². The summed E-state index contributed by atoms with van der Waals surface area (Å²) in [4.78, 5) is 17.4. The van der Waals surface area contributed by atoms with Crippen LogP contribution < -0.4 is 5.73 Å². The van der Waals surface area contributed by atoms with Crippen molar-refractivity contribution in [3.8, 4) is 0 Å². The van der Waals surface area contributed by atoms with Crippen molar-refractivity contribution in [1.82, 2.24) is 9.80 Å². The van der Waals surface area contributed by atoms with Crippen LogP contribution in [0.2, 0.25) is 0 Å². The molecule has 3 heterocycles. The molecule has 0 aromatic carbocycles. The summed E-state index contributed by atoms with van der Waals surface area (Å²) in [5, 5.41) is 0. The van der Waals surface area contributed by atoms with Crippen LogP contribution in [0.4, 0.5) is 0 Å². The fourth-order valence-corrected chi connectivity index (χ4v) is 3.77. The van der Waals surface area contributed by atoms with Gasteiger partial charge in [0.05, 0.1) is 18.6 Å². The van der Waals surface area contributed by atoms with Gasteiger partial charge in [-0.3, -0.25) is 9.69 Å². The summed E-state index contributed by atoms with van der Waals surface area (Å²) in [7, 11) is 0. The Morgan fingerprint density at radius 1 is 1.10 bits per heavy atom. The maximum atomic E-state index is 12.9. The molecule has 3 fully saturated rings. The number of hydrogen-bond donors (Lipinski definition) is 1. The van der Waals surface area contributed by atoms with Crippen LogP contribution in [0.1, 0.15) is 19.3 Å². The zero-order valence-corrected chi connectivity index (χ0v) is 12.8. The van der Waals surface area contributed by atoms with Gasteiger partial charge in [-0.25, -0.2) is 0 Å². The van der Waals surface area contributed by atoms with E-state index >= 15 is 0 Å². The van der Waals surface area contributed by atoms with Gasteiger partial charge in [0.1, 0.15) is 0 Å². The van der Waals surface area contributed by atoms with Crippen molar-refractivity contribution in [2.75, 3.05) is 59.2 Å². The third-order valence-corrected chi connectivity index (χ3v) is 5.31. The van der Waals surface area contributed by atoms with Crippen LogP contribution in [0.15, 0.2) is 0 Å². The molecule has 120 valence electrons. The van der Waals surface area contributed by atoms with Crippen LogP contribution in [0.5, 0.6) is 0 Å². The average Bonchev–Trinajstić information content (AvgIpc) is 3.05. The molecule has 3 aliphatic heterocycles. The van der Waals surface area contributed by atoms with E-state index in [1.165, 1.54) is 0 Å². The van der Waals surface area contributed by atoms with E-state index in [2.05, 4.69) is 4.90 Å². The number of nitrogens with two attached hydrogens (primary N) is 1. The maximum Gasteiger partial charge on any atom is 0.230 e. The predicted octanol–water partition coefficient (Wildman–Crippen LogP) is -0.325. The molecule has 2 N–H and O–H groups in total. The van der Waals surface area contributed by atoms with Gasteiger partial charge in [0.2, 0.25) is 5.91 Å². The Bertz CT molecular complexity index is 365. The molecule has 1 amide bonds. The van der Waals surface area contributed by atoms with Gasteiger partial charge in [-0.2, -0.15) is 0 Å². The van der Waals surface area contributed by atoms with Crippen molar-refractivity contribution in [2.45, 2.75) is 25.3 Å². The molecule has 6 heteroatoms. The summed E-state index contributed by atoms with van der Waals surface area (Å²) < 4.78 is 10.8. The number of carbonyl (C=O) groups excluding carboxylic acids is 1. The van der Waals surface area contributed by atoms with E-state index in [0.717, 1.165) is 58.7 Å². The molecule has 6 nitrogen and oxygen atoms in total. The van der Waals surface area contributed by atoms with E-state index in [0.29, 0.717) is 25.8 Å². The SMILES string of the molecule is NCC1(C(=O)N2CCC(N3CCOCC3)C2)CCOCC1. The summed E-state index contributed by atoms with van der Waals surface area (Å²) in [5.41, 5.74) is 5.58. The van der Waals surface area contributed by atoms with Crippen LogP contribution in [-0.4, -0.2) is 80.9 Å². The lowest BCUT2D eigenvalue weighted by Crippen LogP contribution is -2.51. The molecule has 0 radical (unpaired) electrons. The van der Waals surface area contributed by atoms with Crippen LogP contribution in [0.25, 0.3) is 0 Å². The smallest absolute Gasteiger partial charge is 0.230 e. The van der Waals surface area contributed by atoms with Crippen LogP contribution >= 0.6 is 0 Å². The first-order valence-electron chi connectivity index (χ1n) is 8.14. The van der Waals surface area contributed by atoms with E-state index in [4.69, 9.17) is 15.2 Å². The monoisotopic (exact) mass is 297 g/mol. The lowest BCUT2D eigenvalue weighted by molar-refractivity contribution is -0.146. The Kier molecular flexibility index (Phi) is 4.78. The van der Waals surface area contributed by atoms with Gasteiger partial charge >= 0.3 is 0 Å². The molecule has 3 rings (SSSR count). The van der Waals surface area contributed by atoms with Gasteiger partial charge in [-0.15, -0.1) is 0 Å². The molecule has 0 saturated carbocycles. The Hall–Kier alpha value is -0.690. The topological polar surface area (TPSA) is 68.0 Å². The molecule has 1 unspecified atom stereocenters. The Morgan fingerprint density at radius 2 is 1.76 bits per heavy atom. The van der Waals surface area contributed by atoms with Gasteiger partial charge in [0.15, 0.2) is 0 Å². The minimum Gasteiger partial charge on any atom is -0.381 e. The standard InChI is InChI=1S/C15H27N3O3/c16-12-15(2-7-20-8-3-15)14(19)18-4-1-13(11-18)17-5-9-21-10-6-17/h13H,1-12,16H2. The van der Waals surface area contributed by atoms with Crippen LogP contribution in [0, 0.1) is 5.41 Å². The second-order valence-corrected chi connectivity index (χ2v) is 6.44. The predicted molar refractivity (Wildman–Crippen MR) is 78.9 cm³/mol. The second kappa shape index (κ2) is 6.60. The van der Waals surface area contributed by atoms with Crippen molar-refractivity contribution < 1.29 is 14.3 Å². The summed E-state index contributed by atoms with van der Waals surface area (Å²) in [6.07, 6.45) is 2.60. The number of nitrogens with zero attached hydrogens (tertiary/aromatic N) is 2. The van der Waals surface area contributed by atoms with E-state index in [9.17, 15) is 4.79 Å². The molecular formula is C15H27N3O3. The normalized spacial score (nSPS) is 30.5. The first-order chi connectivity index (χ1) is 10.2. The Morgan fingerprint density at radius 3 is 2.43 bits per heavy atom. The zero-order chi connectivity index (χ0) is 14.7. The summed E-state index contributed by atoms with van der Waals surface area (Å²) in [5.74, 6) is 0.254. The van der Waals surface area contributed by atoms with Crippen LogP contribution in [-0.2, 0) is 14.3 Å².